The predicted molar refractivity (Wildman–Crippen MR) is 82.0 cm³/mol. The largest absolute Gasteiger partial charge is 0.573 e. The molecule has 2 aromatic heterocycles. The van der Waals surface area contributed by atoms with Gasteiger partial charge in [0.2, 0.25) is 0 Å². The van der Waals surface area contributed by atoms with Crippen LogP contribution in [0.2, 0.25) is 0 Å². The highest BCUT2D eigenvalue weighted by Gasteiger charge is 2.31. The van der Waals surface area contributed by atoms with Crippen LogP contribution in [0.5, 0.6) is 5.75 Å². The SMILES string of the molecule is O=C(Nc1[nH]nc2sc(C(=O)O)cc12)c1ccc(OC(F)(F)F)cc1. The van der Waals surface area contributed by atoms with E-state index in [0.717, 1.165) is 23.5 Å². The number of fused-ring (bicyclic) bond motifs is 1. The molecule has 11 heteroatoms. The Kier molecular flexibility index (Phi) is 4.08. The van der Waals surface area contributed by atoms with Crippen LogP contribution in [-0.4, -0.2) is 33.5 Å². The molecule has 130 valence electrons. The summed E-state index contributed by atoms with van der Waals surface area (Å²) in [4.78, 5) is 23.6. The standard InChI is InChI=1S/C14H8F3N3O4S/c15-14(16,17)24-7-3-1-6(2-4-7)11(21)18-10-8-5-9(13(22)23)25-12(8)20-19-10/h1-5H,(H,22,23)(H2,18,19,20,21). The molecule has 0 atom stereocenters. The van der Waals surface area contributed by atoms with Crippen LogP contribution < -0.4 is 10.1 Å². The molecular formula is C14H8F3N3O4S. The van der Waals surface area contributed by atoms with Crippen molar-refractivity contribution in [2.24, 2.45) is 0 Å². The third-order valence-corrected chi connectivity index (χ3v) is 4.07. The van der Waals surface area contributed by atoms with Gasteiger partial charge in [-0.3, -0.25) is 9.89 Å². The van der Waals surface area contributed by atoms with Gasteiger partial charge in [0.25, 0.3) is 5.91 Å². The van der Waals surface area contributed by atoms with Gasteiger partial charge in [-0.05, 0) is 30.3 Å². The summed E-state index contributed by atoms with van der Waals surface area (Å²) in [7, 11) is 0. The maximum absolute atomic E-state index is 12.2. The molecular weight excluding hydrogens is 363 g/mol. The molecule has 7 nitrogen and oxygen atoms in total. The van der Waals surface area contributed by atoms with Crippen molar-refractivity contribution in [3.8, 4) is 5.75 Å². The fourth-order valence-electron chi connectivity index (χ4n) is 2.00. The Balaban J connectivity index is 1.77. The normalized spacial score (nSPS) is 11.5. The van der Waals surface area contributed by atoms with Crippen LogP contribution in [0.1, 0.15) is 20.0 Å². The van der Waals surface area contributed by atoms with Crippen LogP contribution in [0, 0.1) is 0 Å². The number of halogens is 3. The zero-order valence-electron chi connectivity index (χ0n) is 12.0. The van der Waals surface area contributed by atoms with Gasteiger partial charge < -0.3 is 15.2 Å². The minimum atomic E-state index is -4.81. The molecule has 0 saturated carbocycles. The number of carboxylic acids is 1. The van der Waals surface area contributed by atoms with Gasteiger partial charge >= 0.3 is 12.3 Å². The fraction of sp³-hybridized carbons (Fsp3) is 0.0714. The second-order valence-electron chi connectivity index (χ2n) is 4.76. The Labute approximate surface area is 141 Å². The number of carbonyl (C=O) groups is 2. The minimum Gasteiger partial charge on any atom is -0.477 e. The average Bonchev–Trinajstić information content (AvgIpc) is 3.08. The summed E-state index contributed by atoms with van der Waals surface area (Å²) in [6.07, 6.45) is -4.81. The van der Waals surface area contributed by atoms with E-state index in [0.29, 0.717) is 10.2 Å². The van der Waals surface area contributed by atoms with Gasteiger partial charge in [-0.15, -0.1) is 24.5 Å². The molecule has 25 heavy (non-hydrogen) atoms. The molecule has 0 spiro atoms. The van der Waals surface area contributed by atoms with Crippen LogP contribution >= 0.6 is 11.3 Å². The lowest BCUT2D eigenvalue weighted by Crippen LogP contribution is -2.17. The first kappa shape index (κ1) is 16.8. The van der Waals surface area contributed by atoms with E-state index in [1.165, 1.54) is 18.2 Å². The number of carboxylic acid groups (broad SMARTS) is 1. The summed E-state index contributed by atoms with van der Waals surface area (Å²) in [6.45, 7) is 0. The highest BCUT2D eigenvalue weighted by molar-refractivity contribution is 7.20. The quantitative estimate of drug-likeness (QED) is 0.651. The molecule has 0 aliphatic rings. The highest BCUT2D eigenvalue weighted by atomic mass is 32.1. The number of nitrogens with one attached hydrogen (secondary N) is 2. The second-order valence-corrected chi connectivity index (χ2v) is 5.79. The predicted octanol–water partition coefficient (Wildman–Crippen LogP) is 3.47. The number of anilines is 1. The molecule has 3 N–H and O–H groups in total. The van der Waals surface area contributed by atoms with E-state index in [-0.39, 0.29) is 16.3 Å². The van der Waals surface area contributed by atoms with E-state index in [9.17, 15) is 22.8 Å². The number of hydrogen-bond acceptors (Lipinski definition) is 5. The van der Waals surface area contributed by atoms with Crippen LogP contribution in [0.3, 0.4) is 0 Å². The van der Waals surface area contributed by atoms with E-state index in [1.807, 2.05) is 0 Å². The first-order chi connectivity index (χ1) is 11.7. The number of alkyl halides is 3. The van der Waals surface area contributed by atoms with Crippen molar-refractivity contribution in [2.45, 2.75) is 6.36 Å². The van der Waals surface area contributed by atoms with Gasteiger partial charge in [-0.2, -0.15) is 5.10 Å². The van der Waals surface area contributed by atoms with Crippen LogP contribution in [0.15, 0.2) is 30.3 Å². The number of hydrogen-bond donors (Lipinski definition) is 3. The summed E-state index contributed by atoms with van der Waals surface area (Å²) in [5.41, 5.74) is 0.0889. The number of ether oxygens (including phenoxy) is 1. The average molecular weight is 371 g/mol. The summed E-state index contributed by atoms with van der Waals surface area (Å²) < 4.78 is 40.0. The van der Waals surface area contributed by atoms with Crippen molar-refractivity contribution in [3.63, 3.8) is 0 Å². The zero-order chi connectivity index (χ0) is 18.2. The summed E-state index contributed by atoms with van der Waals surface area (Å²) in [6, 6.07) is 5.72. The number of H-pyrrole nitrogens is 1. The van der Waals surface area contributed by atoms with Crippen LogP contribution in [0.4, 0.5) is 19.0 Å². The summed E-state index contributed by atoms with van der Waals surface area (Å²) in [5.74, 6) is -1.97. The lowest BCUT2D eigenvalue weighted by atomic mass is 10.2. The number of rotatable bonds is 4. The van der Waals surface area contributed by atoms with E-state index in [1.54, 1.807) is 0 Å². The number of aromatic nitrogens is 2. The number of thiophene rings is 1. The monoisotopic (exact) mass is 371 g/mol. The molecule has 2 heterocycles. The van der Waals surface area contributed by atoms with Gasteiger partial charge in [0.15, 0.2) is 0 Å². The molecule has 0 aliphatic carbocycles. The third kappa shape index (κ3) is 3.71. The van der Waals surface area contributed by atoms with E-state index in [2.05, 4.69) is 20.3 Å². The maximum Gasteiger partial charge on any atom is 0.573 e. The second kappa shape index (κ2) is 6.09. The molecule has 1 amide bonds. The Morgan fingerprint density at radius 2 is 1.92 bits per heavy atom. The number of carbonyl (C=O) groups excluding carboxylic acids is 1. The number of aromatic carboxylic acids is 1. The zero-order valence-corrected chi connectivity index (χ0v) is 12.9. The smallest absolute Gasteiger partial charge is 0.477 e. The summed E-state index contributed by atoms with van der Waals surface area (Å²) in [5, 5.41) is 18.3. The molecule has 0 aliphatic heterocycles. The van der Waals surface area contributed by atoms with E-state index in [4.69, 9.17) is 5.11 Å². The van der Waals surface area contributed by atoms with Crippen LogP contribution in [-0.2, 0) is 0 Å². The van der Waals surface area contributed by atoms with Crippen LogP contribution in [0.25, 0.3) is 10.2 Å². The van der Waals surface area contributed by atoms with Crippen molar-refractivity contribution >= 4 is 39.2 Å². The Morgan fingerprint density at radius 1 is 1.24 bits per heavy atom. The fourth-order valence-corrected chi connectivity index (χ4v) is 2.84. The Hall–Kier alpha value is -3.08. The number of benzene rings is 1. The lowest BCUT2D eigenvalue weighted by Gasteiger charge is -2.09. The Bertz CT molecular complexity index is 947. The molecule has 0 radical (unpaired) electrons. The van der Waals surface area contributed by atoms with Gasteiger partial charge in [-0.1, -0.05) is 0 Å². The minimum absolute atomic E-state index is 0.0654. The molecule has 1 aromatic carbocycles. The van der Waals surface area contributed by atoms with Gasteiger partial charge in [-0.25, -0.2) is 4.79 Å². The van der Waals surface area contributed by atoms with Crippen molar-refractivity contribution in [2.75, 3.05) is 5.32 Å². The highest BCUT2D eigenvalue weighted by Crippen LogP contribution is 2.29. The molecule has 0 unspecified atom stereocenters. The van der Waals surface area contributed by atoms with Gasteiger partial charge in [0.05, 0.1) is 5.39 Å². The maximum atomic E-state index is 12.2. The molecule has 0 bridgehead atoms. The van der Waals surface area contributed by atoms with E-state index < -0.39 is 24.0 Å². The topological polar surface area (TPSA) is 104 Å². The van der Waals surface area contributed by atoms with Gasteiger partial charge in [0.1, 0.15) is 21.3 Å². The molecule has 3 aromatic rings. The number of amides is 1. The number of nitrogens with zero attached hydrogens (tertiary/aromatic N) is 1. The first-order valence-electron chi connectivity index (χ1n) is 6.61. The van der Waals surface area contributed by atoms with Crippen molar-refractivity contribution in [1.29, 1.82) is 0 Å². The lowest BCUT2D eigenvalue weighted by molar-refractivity contribution is -0.274. The molecule has 0 fully saturated rings. The first-order valence-corrected chi connectivity index (χ1v) is 7.43. The van der Waals surface area contributed by atoms with E-state index >= 15 is 0 Å². The third-order valence-electron chi connectivity index (χ3n) is 3.05. The Morgan fingerprint density at radius 3 is 2.52 bits per heavy atom. The van der Waals surface area contributed by atoms with Crippen molar-refractivity contribution < 1.29 is 32.6 Å². The van der Waals surface area contributed by atoms with Crippen molar-refractivity contribution in [3.05, 3.63) is 40.8 Å². The van der Waals surface area contributed by atoms with Gasteiger partial charge in [0, 0.05) is 5.56 Å². The molecule has 0 saturated heterocycles. The number of aromatic amines is 1. The van der Waals surface area contributed by atoms with Crippen molar-refractivity contribution in [1.82, 2.24) is 10.2 Å². The summed E-state index contributed by atoms with van der Waals surface area (Å²) >= 11 is 0.940. The molecule has 3 rings (SSSR count).